The topological polar surface area (TPSA) is 35.5 Å². The second-order valence-corrected chi connectivity index (χ2v) is 3.06. The molecule has 0 heterocycles. The number of rotatable bonds is 7. The van der Waals surface area contributed by atoms with E-state index in [0.29, 0.717) is 12.0 Å². The monoisotopic (exact) mass is 198 g/mol. The first kappa shape index (κ1) is 12.8. The molecule has 3 heteroatoms. The van der Waals surface area contributed by atoms with Crippen LogP contribution in [0.25, 0.3) is 0 Å². The minimum Gasteiger partial charge on any atom is -0.463 e. The van der Waals surface area contributed by atoms with Crippen molar-refractivity contribution in [1.29, 1.82) is 0 Å². The Morgan fingerprint density at radius 2 is 2.21 bits per heavy atom. The molecule has 0 aliphatic heterocycles. The molecule has 0 N–H and O–H groups in total. The Morgan fingerprint density at radius 3 is 2.64 bits per heavy atom. The van der Waals surface area contributed by atoms with Gasteiger partial charge in [0.15, 0.2) is 0 Å². The lowest BCUT2D eigenvalue weighted by Crippen LogP contribution is -2.19. The molecular weight excluding hydrogens is 180 g/mol. The largest absolute Gasteiger partial charge is 0.463 e. The van der Waals surface area contributed by atoms with E-state index >= 15 is 0 Å². The molecule has 0 saturated carbocycles. The first-order chi connectivity index (χ1) is 6.61. The highest BCUT2D eigenvalue weighted by atomic mass is 16.7. The lowest BCUT2D eigenvalue weighted by molar-refractivity contribution is -0.165. The summed E-state index contributed by atoms with van der Waals surface area (Å²) in [5.74, 6) is -0.423. The SMILES string of the molecule is C=COC(CCCC)OC(=O)C(=C)C. The molecule has 0 bridgehead atoms. The number of carbonyl (C=O) groups excluding carboxylic acids is 1. The number of hydrogen-bond donors (Lipinski definition) is 0. The second kappa shape index (κ2) is 7.18. The zero-order valence-electron chi connectivity index (χ0n) is 8.91. The molecule has 0 radical (unpaired) electrons. The van der Waals surface area contributed by atoms with Crippen molar-refractivity contribution in [1.82, 2.24) is 0 Å². The molecule has 0 saturated heterocycles. The van der Waals surface area contributed by atoms with Crippen molar-refractivity contribution < 1.29 is 14.3 Å². The number of unbranched alkanes of at least 4 members (excludes halogenated alkanes) is 1. The van der Waals surface area contributed by atoms with Crippen LogP contribution in [0, 0.1) is 0 Å². The van der Waals surface area contributed by atoms with Gasteiger partial charge < -0.3 is 9.47 Å². The third kappa shape index (κ3) is 5.41. The van der Waals surface area contributed by atoms with Crippen molar-refractivity contribution in [2.75, 3.05) is 0 Å². The zero-order valence-corrected chi connectivity index (χ0v) is 8.91. The highest BCUT2D eigenvalue weighted by Crippen LogP contribution is 2.09. The predicted octanol–water partition coefficient (Wildman–Crippen LogP) is 2.78. The zero-order chi connectivity index (χ0) is 11.0. The number of esters is 1. The van der Waals surface area contributed by atoms with E-state index in [2.05, 4.69) is 20.1 Å². The molecule has 1 unspecified atom stereocenters. The van der Waals surface area contributed by atoms with E-state index in [1.54, 1.807) is 6.92 Å². The van der Waals surface area contributed by atoms with Crippen molar-refractivity contribution in [3.8, 4) is 0 Å². The lowest BCUT2D eigenvalue weighted by Gasteiger charge is -2.16. The van der Waals surface area contributed by atoms with E-state index in [1.165, 1.54) is 6.26 Å². The quantitative estimate of drug-likeness (QED) is 0.273. The second-order valence-electron chi connectivity index (χ2n) is 3.06. The summed E-state index contributed by atoms with van der Waals surface area (Å²) in [4.78, 5) is 11.2. The fraction of sp³-hybridized carbons (Fsp3) is 0.545. The van der Waals surface area contributed by atoms with Crippen LogP contribution in [0.15, 0.2) is 25.0 Å². The van der Waals surface area contributed by atoms with Gasteiger partial charge in [-0.1, -0.05) is 26.5 Å². The molecule has 80 valence electrons. The molecule has 0 amide bonds. The van der Waals surface area contributed by atoms with Crippen LogP contribution in [0.1, 0.15) is 33.1 Å². The van der Waals surface area contributed by atoms with Gasteiger partial charge >= 0.3 is 5.97 Å². The summed E-state index contributed by atoms with van der Waals surface area (Å²) >= 11 is 0. The molecule has 14 heavy (non-hydrogen) atoms. The maximum atomic E-state index is 11.2. The van der Waals surface area contributed by atoms with E-state index < -0.39 is 12.3 Å². The van der Waals surface area contributed by atoms with Gasteiger partial charge in [0.25, 0.3) is 0 Å². The summed E-state index contributed by atoms with van der Waals surface area (Å²) in [6, 6.07) is 0. The van der Waals surface area contributed by atoms with Crippen LogP contribution in [0.3, 0.4) is 0 Å². The fourth-order valence-electron chi connectivity index (χ4n) is 0.853. The molecule has 3 nitrogen and oxygen atoms in total. The van der Waals surface area contributed by atoms with Crippen molar-refractivity contribution in [3.05, 3.63) is 25.0 Å². The Hall–Kier alpha value is -1.25. The maximum absolute atomic E-state index is 11.2. The molecule has 0 aliphatic carbocycles. The Morgan fingerprint density at radius 1 is 1.57 bits per heavy atom. The van der Waals surface area contributed by atoms with Crippen molar-refractivity contribution in [2.24, 2.45) is 0 Å². The molecule has 0 rings (SSSR count). The van der Waals surface area contributed by atoms with E-state index in [1.807, 2.05) is 0 Å². The Balaban J connectivity index is 4.00. The third-order valence-corrected chi connectivity index (χ3v) is 1.63. The molecule has 0 aromatic rings. The van der Waals surface area contributed by atoms with Crippen LogP contribution in [-0.4, -0.2) is 12.3 Å². The van der Waals surface area contributed by atoms with Gasteiger partial charge in [0, 0.05) is 12.0 Å². The Labute approximate surface area is 85.4 Å². The molecule has 0 spiro atoms. The summed E-state index contributed by atoms with van der Waals surface area (Å²) in [7, 11) is 0. The average Bonchev–Trinajstić information content (AvgIpc) is 2.14. The van der Waals surface area contributed by atoms with Crippen LogP contribution < -0.4 is 0 Å². The van der Waals surface area contributed by atoms with Crippen molar-refractivity contribution in [3.63, 3.8) is 0 Å². The van der Waals surface area contributed by atoms with Gasteiger partial charge in [-0.3, -0.25) is 0 Å². The summed E-state index contributed by atoms with van der Waals surface area (Å²) in [5, 5.41) is 0. The highest BCUT2D eigenvalue weighted by molar-refractivity contribution is 5.86. The maximum Gasteiger partial charge on any atom is 0.336 e. The van der Waals surface area contributed by atoms with Crippen LogP contribution in [0.4, 0.5) is 0 Å². The van der Waals surface area contributed by atoms with Crippen LogP contribution in [0.5, 0.6) is 0 Å². The van der Waals surface area contributed by atoms with E-state index in [4.69, 9.17) is 9.47 Å². The predicted molar refractivity (Wildman–Crippen MR) is 55.5 cm³/mol. The van der Waals surface area contributed by atoms with Crippen LogP contribution in [-0.2, 0) is 14.3 Å². The number of carbonyl (C=O) groups is 1. The Kier molecular flexibility index (Phi) is 6.54. The highest BCUT2D eigenvalue weighted by Gasteiger charge is 2.13. The fourth-order valence-corrected chi connectivity index (χ4v) is 0.853. The lowest BCUT2D eigenvalue weighted by atomic mass is 10.2. The van der Waals surface area contributed by atoms with Gasteiger partial charge in [0.2, 0.25) is 6.29 Å². The van der Waals surface area contributed by atoms with Gasteiger partial charge in [-0.15, -0.1) is 0 Å². The van der Waals surface area contributed by atoms with E-state index in [-0.39, 0.29) is 0 Å². The number of hydrogen-bond acceptors (Lipinski definition) is 3. The van der Waals surface area contributed by atoms with Gasteiger partial charge in [0.05, 0.1) is 6.26 Å². The average molecular weight is 198 g/mol. The molecule has 0 aromatic carbocycles. The standard InChI is InChI=1S/C11H18O3/c1-5-7-8-10(13-6-2)14-11(12)9(3)4/h6,10H,2-3,5,7-8H2,1,4H3. The smallest absolute Gasteiger partial charge is 0.336 e. The molecule has 1 atom stereocenters. The summed E-state index contributed by atoms with van der Waals surface area (Å²) in [6.45, 7) is 10.6. The van der Waals surface area contributed by atoms with E-state index in [0.717, 1.165) is 12.8 Å². The van der Waals surface area contributed by atoms with Gasteiger partial charge in [-0.25, -0.2) is 4.79 Å². The molecule has 0 fully saturated rings. The van der Waals surface area contributed by atoms with Crippen molar-refractivity contribution in [2.45, 2.75) is 39.4 Å². The first-order valence-electron chi connectivity index (χ1n) is 4.74. The van der Waals surface area contributed by atoms with Crippen LogP contribution in [0.2, 0.25) is 0 Å². The molecular formula is C11H18O3. The van der Waals surface area contributed by atoms with Gasteiger partial charge in [-0.05, 0) is 13.3 Å². The minimum absolute atomic E-state index is 0.374. The van der Waals surface area contributed by atoms with Gasteiger partial charge in [0.1, 0.15) is 0 Å². The Bertz CT molecular complexity index is 209. The first-order valence-corrected chi connectivity index (χ1v) is 4.74. The van der Waals surface area contributed by atoms with Crippen LogP contribution >= 0.6 is 0 Å². The normalized spacial score (nSPS) is 11.6. The summed E-state index contributed by atoms with van der Waals surface area (Å²) < 4.78 is 10.1. The molecule has 0 aromatic heterocycles. The van der Waals surface area contributed by atoms with E-state index in [9.17, 15) is 4.79 Å². The van der Waals surface area contributed by atoms with Gasteiger partial charge in [-0.2, -0.15) is 0 Å². The third-order valence-electron chi connectivity index (χ3n) is 1.63. The van der Waals surface area contributed by atoms with Crippen molar-refractivity contribution >= 4 is 5.97 Å². The number of ether oxygens (including phenoxy) is 2. The summed E-state index contributed by atoms with van der Waals surface area (Å²) in [6.07, 6.45) is 3.41. The summed E-state index contributed by atoms with van der Waals surface area (Å²) in [5.41, 5.74) is 0.374. The minimum atomic E-state index is -0.531. The molecule has 0 aliphatic rings.